The van der Waals surface area contributed by atoms with Crippen molar-refractivity contribution in [1.82, 2.24) is 5.32 Å². The molecule has 0 aliphatic rings. The summed E-state index contributed by atoms with van der Waals surface area (Å²) in [5.74, 6) is -0.667. The zero-order valence-corrected chi connectivity index (χ0v) is 10.5. The van der Waals surface area contributed by atoms with Crippen LogP contribution in [0.25, 0.3) is 0 Å². The topological polar surface area (TPSA) is 89.3 Å². The second kappa shape index (κ2) is 4.94. The van der Waals surface area contributed by atoms with Crippen molar-refractivity contribution >= 4 is 15.7 Å². The normalized spacial score (nSPS) is 14.7. The van der Waals surface area contributed by atoms with E-state index in [1.807, 2.05) is 0 Å². The molecule has 0 spiro atoms. The van der Waals surface area contributed by atoms with Crippen LogP contribution in [0.3, 0.4) is 0 Å². The fourth-order valence-electron chi connectivity index (χ4n) is 1.12. The summed E-state index contributed by atoms with van der Waals surface area (Å²) in [6.45, 7) is 6.78. The van der Waals surface area contributed by atoms with Gasteiger partial charge in [0.05, 0.1) is 5.75 Å². The van der Waals surface area contributed by atoms with E-state index in [4.69, 9.17) is 5.73 Å². The highest BCUT2D eigenvalue weighted by molar-refractivity contribution is 7.92. The van der Waals surface area contributed by atoms with Crippen LogP contribution in [0.5, 0.6) is 0 Å². The number of sulfone groups is 1. The number of rotatable bonds is 5. The smallest absolute Gasteiger partial charge is 0.238 e. The largest absolute Gasteiger partial charge is 0.355 e. The van der Waals surface area contributed by atoms with E-state index in [1.165, 1.54) is 6.92 Å². The van der Waals surface area contributed by atoms with Gasteiger partial charge in [0, 0.05) is 12.1 Å². The van der Waals surface area contributed by atoms with Crippen molar-refractivity contribution in [2.75, 3.05) is 12.3 Å². The average molecular weight is 236 g/mol. The van der Waals surface area contributed by atoms with Crippen molar-refractivity contribution < 1.29 is 13.2 Å². The van der Waals surface area contributed by atoms with Crippen LogP contribution in [0.2, 0.25) is 0 Å². The standard InChI is InChI=1S/C9H20N2O3S/c1-5-11-8(12)7(2)15(13,14)6-9(3,4)10/h7H,5-6,10H2,1-4H3,(H,11,12). The van der Waals surface area contributed by atoms with Gasteiger partial charge in [0.2, 0.25) is 5.91 Å². The minimum Gasteiger partial charge on any atom is -0.355 e. The maximum Gasteiger partial charge on any atom is 0.238 e. The monoisotopic (exact) mass is 236 g/mol. The summed E-state index contributed by atoms with van der Waals surface area (Å²) >= 11 is 0. The Kier molecular flexibility index (Phi) is 4.73. The number of hydrogen-bond acceptors (Lipinski definition) is 4. The van der Waals surface area contributed by atoms with Crippen LogP contribution in [-0.2, 0) is 14.6 Å². The molecule has 5 nitrogen and oxygen atoms in total. The Labute approximate surface area is 91.3 Å². The van der Waals surface area contributed by atoms with Crippen molar-refractivity contribution in [2.24, 2.45) is 5.73 Å². The van der Waals surface area contributed by atoms with Crippen molar-refractivity contribution in [1.29, 1.82) is 0 Å². The molecule has 0 bridgehead atoms. The molecule has 0 rings (SSSR count). The Balaban J connectivity index is 4.68. The van der Waals surface area contributed by atoms with E-state index >= 15 is 0 Å². The number of carbonyl (C=O) groups excluding carboxylic acids is 1. The molecule has 6 heteroatoms. The molecule has 1 unspecified atom stereocenters. The number of amides is 1. The zero-order valence-electron chi connectivity index (χ0n) is 9.70. The number of carbonyl (C=O) groups is 1. The minimum atomic E-state index is -3.48. The predicted molar refractivity (Wildman–Crippen MR) is 60.2 cm³/mol. The van der Waals surface area contributed by atoms with E-state index in [2.05, 4.69) is 5.32 Å². The van der Waals surface area contributed by atoms with Crippen LogP contribution in [-0.4, -0.2) is 37.4 Å². The third kappa shape index (κ3) is 5.13. The van der Waals surface area contributed by atoms with E-state index < -0.39 is 26.5 Å². The quantitative estimate of drug-likeness (QED) is 0.683. The van der Waals surface area contributed by atoms with Crippen LogP contribution < -0.4 is 11.1 Å². The molecule has 0 aromatic carbocycles. The number of hydrogen-bond donors (Lipinski definition) is 2. The van der Waals surface area contributed by atoms with Crippen LogP contribution in [0.15, 0.2) is 0 Å². The minimum absolute atomic E-state index is 0.196. The Morgan fingerprint density at radius 2 is 1.93 bits per heavy atom. The van der Waals surface area contributed by atoms with Crippen LogP contribution in [0.4, 0.5) is 0 Å². The molecule has 0 aliphatic carbocycles. The molecule has 0 saturated heterocycles. The van der Waals surface area contributed by atoms with Crippen molar-refractivity contribution in [3.8, 4) is 0 Å². The van der Waals surface area contributed by atoms with Crippen LogP contribution in [0.1, 0.15) is 27.7 Å². The van der Waals surface area contributed by atoms with Gasteiger partial charge in [-0.05, 0) is 27.7 Å². The lowest BCUT2D eigenvalue weighted by Gasteiger charge is -2.21. The molecule has 0 aromatic rings. The first-order valence-electron chi connectivity index (χ1n) is 4.88. The second-order valence-corrected chi connectivity index (χ2v) is 6.65. The third-order valence-corrected chi connectivity index (χ3v) is 4.27. The Morgan fingerprint density at radius 3 is 2.27 bits per heavy atom. The van der Waals surface area contributed by atoms with Gasteiger partial charge in [-0.2, -0.15) is 0 Å². The third-order valence-electron chi connectivity index (χ3n) is 1.83. The summed E-state index contributed by atoms with van der Waals surface area (Å²) < 4.78 is 23.4. The van der Waals surface area contributed by atoms with Gasteiger partial charge in [-0.3, -0.25) is 4.79 Å². The molecule has 90 valence electrons. The summed E-state index contributed by atoms with van der Waals surface area (Å²) in [5.41, 5.74) is 4.80. The van der Waals surface area contributed by atoms with E-state index in [0.29, 0.717) is 6.54 Å². The van der Waals surface area contributed by atoms with E-state index in [9.17, 15) is 13.2 Å². The number of nitrogens with one attached hydrogen (secondary N) is 1. The Bertz CT molecular complexity index is 317. The summed E-state index contributed by atoms with van der Waals surface area (Å²) in [4.78, 5) is 11.3. The van der Waals surface area contributed by atoms with Gasteiger partial charge in [-0.15, -0.1) is 0 Å². The van der Waals surface area contributed by atoms with E-state index in [0.717, 1.165) is 0 Å². The SMILES string of the molecule is CCNC(=O)C(C)S(=O)(=O)CC(C)(C)N. The van der Waals surface area contributed by atoms with Gasteiger partial charge in [0.25, 0.3) is 0 Å². The maximum absolute atomic E-state index is 11.7. The molecule has 0 heterocycles. The van der Waals surface area contributed by atoms with E-state index in [-0.39, 0.29) is 5.75 Å². The fraction of sp³-hybridized carbons (Fsp3) is 0.889. The highest BCUT2D eigenvalue weighted by Crippen LogP contribution is 2.09. The Hall–Kier alpha value is -0.620. The predicted octanol–water partition coefficient (Wildman–Crippen LogP) is -0.337. The molecule has 0 fully saturated rings. The molecule has 15 heavy (non-hydrogen) atoms. The summed E-state index contributed by atoms with van der Waals surface area (Å²) in [5, 5.41) is 1.44. The van der Waals surface area contributed by atoms with Gasteiger partial charge in [-0.1, -0.05) is 0 Å². The number of nitrogens with two attached hydrogens (primary N) is 1. The van der Waals surface area contributed by atoms with Crippen molar-refractivity contribution in [3.63, 3.8) is 0 Å². The molecule has 1 atom stereocenters. The van der Waals surface area contributed by atoms with Crippen molar-refractivity contribution in [3.05, 3.63) is 0 Å². The van der Waals surface area contributed by atoms with Gasteiger partial charge in [0.1, 0.15) is 5.25 Å². The summed E-state index contributed by atoms with van der Waals surface area (Å²) in [6.07, 6.45) is 0. The summed E-state index contributed by atoms with van der Waals surface area (Å²) in [6, 6.07) is 0. The summed E-state index contributed by atoms with van der Waals surface area (Å²) in [7, 11) is -3.48. The molecule has 0 radical (unpaired) electrons. The van der Waals surface area contributed by atoms with Crippen LogP contribution in [0, 0.1) is 0 Å². The molecule has 0 aliphatic heterocycles. The van der Waals surface area contributed by atoms with Gasteiger partial charge in [-0.25, -0.2) is 8.42 Å². The lowest BCUT2D eigenvalue weighted by Crippen LogP contribution is -2.46. The zero-order chi connectivity index (χ0) is 12.3. The van der Waals surface area contributed by atoms with Gasteiger partial charge < -0.3 is 11.1 Å². The molecule has 3 N–H and O–H groups in total. The molecule has 0 aromatic heterocycles. The lowest BCUT2D eigenvalue weighted by atomic mass is 10.1. The van der Waals surface area contributed by atoms with Gasteiger partial charge in [0.15, 0.2) is 9.84 Å². The van der Waals surface area contributed by atoms with Gasteiger partial charge >= 0.3 is 0 Å². The molecular weight excluding hydrogens is 216 g/mol. The Morgan fingerprint density at radius 1 is 1.47 bits per heavy atom. The molecule has 1 amide bonds. The molecular formula is C9H20N2O3S. The first kappa shape index (κ1) is 14.4. The fourth-order valence-corrected chi connectivity index (χ4v) is 2.82. The second-order valence-electron chi connectivity index (χ2n) is 4.33. The first-order valence-corrected chi connectivity index (χ1v) is 6.60. The molecule has 0 saturated carbocycles. The average Bonchev–Trinajstić information content (AvgIpc) is 1.98. The highest BCUT2D eigenvalue weighted by atomic mass is 32.2. The van der Waals surface area contributed by atoms with Crippen molar-refractivity contribution in [2.45, 2.75) is 38.5 Å². The van der Waals surface area contributed by atoms with E-state index in [1.54, 1.807) is 20.8 Å². The highest BCUT2D eigenvalue weighted by Gasteiger charge is 2.31. The van der Waals surface area contributed by atoms with Crippen LogP contribution >= 0.6 is 0 Å². The first-order chi connectivity index (χ1) is 6.60. The lowest BCUT2D eigenvalue weighted by molar-refractivity contribution is -0.120. The maximum atomic E-state index is 11.7.